The predicted octanol–water partition coefficient (Wildman–Crippen LogP) is 0.667. The van der Waals surface area contributed by atoms with Gasteiger partial charge in [-0.05, 0) is 31.6 Å². The van der Waals surface area contributed by atoms with Gasteiger partial charge in [0, 0.05) is 13.0 Å². The molecule has 0 aromatic rings. The van der Waals surface area contributed by atoms with Crippen LogP contribution in [0.5, 0.6) is 0 Å². The van der Waals surface area contributed by atoms with E-state index in [0.717, 1.165) is 0 Å². The molecule has 2 fully saturated rings. The maximum absolute atomic E-state index is 12.4. The van der Waals surface area contributed by atoms with Crippen LogP contribution in [0, 0.1) is 5.92 Å². The third kappa shape index (κ3) is 2.68. The number of likely N-dealkylation sites (tertiary alicyclic amines) is 1. The van der Waals surface area contributed by atoms with Crippen molar-refractivity contribution in [2.45, 2.75) is 44.6 Å². The zero-order valence-corrected chi connectivity index (χ0v) is 12.5. The fourth-order valence-electron chi connectivity index (χ4n) is 3.37. The molecule has 1 amide bonds. The fourth-order valence-corrected chi connectivity index (χ4v) is 5.24. The van der Waals surface area contributed by atoms with Crippen LogP contribution < -0.4 is 0 Å². The normalized spacial score (nSPS) is 32.5. The van der Waals surface area contributed by atoms with Crippen molar-refractivity contribution >= 4 is 21.7 Å². The molecule has 1 N–H and O–H groups in total. The Morgan fingerprint density at radius 1 is 1.40 bits per heavy atom. The van der Waals surface area contributed by atoms with Crippen LogP contribution in [0.15, 0.2) is 0 Å². The molecule has 0 aromatic heterocycles. The number of rotatable bonds is 4. The highest BCUT2D eigenvalue weighted by Gasteiger charge is 2.48. The molecule has 2 unspecified atom stereocenters. The van der Waals surface area contributed by atoms with Crippen LogP contribution in [0.25, 0.3) is 0 Å². The van der Waals surface area contributed by atoms with Gasteiger partial charge in [-0.3, -0.25) is 4.79 Å². The fraction of sp³-hybridized carbons (Fsp3) is 0.846. The number of sulfone groups is 1. The van der Waals surface area contributed by atoms with Gasteiger partial charge in [0.25, 0.3) is 0 Å². The van der Waals surface area contributed by atoms with E-state index in [1.165, 1.54) is 4.90 Å². The Bertz CT molecular complexity index is 515. The van der Waals surface area contributed by atoms with E-state index in [2.05, 4.69) is 0 Å². The van der Waals surface area contributed by atoms with Gasteiger partial charge in [-0.15, -0.1) is 0 Å². The lowest BCUT2D eigenvalue weighted by Crippen LogP contribution is -2.53. The van der Waals surface area contributed by atoms with E-state index in [9.17, 15) is 23.1 Å². The molecule has 20 heavy (non-hydrogen) atoms. The summed E-state index contributed by atoms with van der Waals surface area (Å²) in [6.45, 7) is 2.23. The lowest BCUT2D eigenvalue weighted by Gasteiger charge is -2.34. The zero-order valence-electron chi connectivity index (χ0n) is 11.7. The SMILES string of the molecule is CCC1(C(=O)O)CCCN1C(=O)CC1CCS(=O)(=O)C1. The third-order valence-corrected chi connectivity index (χ3v) is 6.40. The first-order valence-corrected chi connectivity index (χ1v) is 8.87. The summed E-state index contributed by atoms with van der Waals surface area (Å²) >= 11 is 0. The maximum atomic E-state index is 12.4. The first-order chi connectivity index (χ1) is 9.31. The molecule has 114 valence electrons. The molecular formula is C13H21NO5S. The Labute approximate surface area is 119 Å². The van der Waals surface area contributed by atoms with Gasteiger partial charge in [0.05, 0.1) is 11.5 Å². The van der Waals surface area contributed by atoms with Gasteiger partial charge < -0.3 is 10.0 Å². The first kappa shape index (κ1) is 15.3. The summed E-state index contributed by atoms with van der Waals surface area (Å²) in [7, 11) is -3.00. The molecule has 2 saturated heterocycles. The number of aliphatic carboxylic acids is 1. The van der Waals surface area contributed by atoms with E-state index in [4.69, 9.17) is 0 Å². The molecule has 0 aliphatic carbocycles. The number of hydrogen-bond donors (Lipinski definition) is 1. The molecule has 2 rings (SSSR count). The third-order valence-electron chi connectivity index (χ3n) is 4.56. The molecule has 2 heterocycles. The lowest BCUT2D eigenvalue weighted by molar-refractivity contribution is -0.157. The lowest BCUT2D eigenvalue weighted by atomic mass is 9.92. The van der Waals surface area contributed by atoms with E-state index in [-0.39, 0.29) is 29.8 Å². The molecule has 0 radical (unpaired) electrons. The van der Waals surface area contributed by atoms with Crippen molar-refractivity contribution < 1.29 is 23.1 Å². The Hall–Kier alpha value is -1.11. The van der Waals surface area contributed by atoms with Crippen LogP contribution >= 0.6 is 0 Å². The minimum absolute atomic E-state index is 0.0543. The van der Waals surface area contributed by atoms with Gasteiger partial charge >= 0.3 is 5.97 Å². The molecule has 2 atom stereocenters. The summed E-state index contributed by atoms with van der Waals surface area (Å²) in [6, 6.07) is 0. The van der Waals surface area contributed by atoms with Crippen LogP contribution in [0.3, 0.4) is 0 Å². The van der Waals surface area contributed by atoms with Crippen molar-refractivity contribution in [3.63, 3.8) is 0 Å². The number of carboxylic acid groups (broad SMARTS) is 1. The monoisotopic (exact) mass is 303 g/mol. The van der Waals surface area contributed by atoms with Crippen molar-refractivity contribution in [3.05, 3.63) is 0 Å². The largest absolute Gasteiger partial charge is 0.479 e. The van der Waals surface area contributed by atoms with Gasteiger partial charge in [-0.2, -0.15) is 0 Å². The summed E-state index contributed by atoms with van der Waals surface area (Å²) in [4.78, 5) is 25.3. The summed E-state index contributed by atoms with van der Waals surface area (Å²) < 4.78 is 22.8. The summed E-state index contributed by atoms with van der Waals surface area (Å²) in [6.07, 6.45) is 2.21. The summed E-state index contributed by atoms with van der Waals surface area (Å²) in [5.74, 6) is -1.13. The number of nitrogens with zero attached hydrogens (tertiary/aromatic N) is 1. The van der Waals surface area contributed by atoms with Crippen molar-refractivity contribution in [3.8, 4) is 0 Å². The van der Waals surface area contributed by atoms with E-state index >= 15 is 0 Å². The van der Waals surface area contributed by atoms with Crippen molar-refractivity contribution in [2.24, 2.45) is 5.92 Å². The van der Waals surface area contributed by atoms with E-state index < -0.39 is 21.3 Å². The molecule has 2 aliphatic heterocycles. The van der Waals surface area contributed by atoms with Crippen LogP contribution in [0.4, 0.5) is 0 Å². The quantitative estimate of drug-likeness (QED) is 0.824. The van der Waals surface area contributed by atoms with Crippen molar-refractivity contribution in [2.75, 3.05) is 18.1 Å². The molecule has 7 heteroatoms. The van der Waals surface area contributed by atoms with E-state index in [0.29, 0.717) is 32.2 Å². The van der Waals surface area contributed by atoms with Crippen LogP contribution in [-0.2, 0) is 19.4 Å². The Morgan fingerprint density at radius 3 is 2.60 bits per heavy atom. The van der Waals surface area contributed by atoms with Gasteiger partial charge in [0.15, 0.2) is 9.84 Å². The van der Waals surface area contributed by atoms with Gasteiger partial charge in [-0.1, -0.05) is 6.92 Å². The summed E-state index contributed by atoms with van der Waals surface area (Å²) in [5, 5.41) is 9.44. The Morgan fingerprint density at radius 2 is 2.10 bits per heavy atom. The highest BCUT2D eigenvalue weighted by molar-refractivity contribution is 7.91. The second-order valence-corrected chi connectivity index (χ2v) is 8.04. The average Bonchev–Trinajstić information content (AvgIpc) is 2.93. The number of amides is 1. The molecule has 2 aliphatic rings. The molecular weight excluding hydrogens is 282 g/mol. The van der Waals surface area contributed by atoms with Gasteiger partial charge in [0.2, 0.25) is 5.91 Å². The van der Waals surface area contributed by atoms with E-state index in [1.807, 2.05) is 0 Å². The maximum Gasteiger partial charge on any atom is 0.329 e. The van der Waals surface area contributed by atoms with Gasteiger partial charge in [-0.25, -0.2) is 13.2 Å². The molecule has 0 saturated carbocycles. The number of carboxylic acids is 1. The Balaban J connectivity index is 2.07. The Kier molecular flexibility index (Phi) is 4.09. The number of hydrogen-bond acceptors (Lipinski definition) is 4. The van der Waals surface area contributed by atoms with Crippen molar-refractivity contribution in [1.82, 2.24) is 4.90 Å². The minimum atomic E-state index is -3.00. The van der Waals surface area contributed by atoms with Crippen LogP contribution in [-0.4, -0.2) is 53.9 Å². The molecule has 0 spiro atoms. The highest BCUT2D eigenvalue weighted by Crippen LogP contribution is 2.34. The zero-order chi connectivity index (χ0) is 15.0. The predicted molar refractivity (Wildman–Crippen MR) is 73.0 cm³/mol. The molecule has 0 aromatic carbocycles. The summed E-state index contributed by atoms with van der Waals surface area (Å²) in [5.41, 5.74) is -1.09. The topological polar surface area (TPSA) is 91.8 Å². The first-order valence-electron chi connectivity index (χ1n) is 7.05. The van der Waals surface area contributed by atoms with Crippen LogP contribution in [0.1, 0.15) is 39.0 Å². The van der Waals surface area contributed by atoms with Gasteiger partial charge in [0.1, 0.15) is 5.54 Å². The second kappa shape index (κ2) is 5.35. The number of carbonyl (C=O) groups excluding carboxylic acids is 1. The minimum Gasteiger partial charge on any atom is -0.479 e. The van der Waals surface area contributed by atoms with E-state index in [1.54, 1.807) is 6.92 Å². The molecule has 0 bridgehead atoms. The number of carbonyl (C=O) groups is 2. The van der Waals surface area contributed by atoms with Crippen LogP contribution in [0.2, 0.25) is 0 Å². The smallest absolute Gasteiger partial charge is 0.329 e. The van der Waals surface area contributed by atoms with Crippen molar-refractivity contribution in [1.29, 1.82) is 0 Å². The average molecular weight is 303 g/mol. The molecule has 6 nitrogen and oxygen atoms in total. The second-order valence-electron chi connectivity index (χ2n) is 5.81. The highest BCUT2D eigenvalue weighted by atomic mass is 32.2. The standard InChI is InChI=1S/C13H21NO5S/c1-2-13(12(16)17)5-3-6-14(13)11(15)8-10-4-7-20(18,19)9-10/h10H,2-9H2,1H3,(H,16,17).